The normalized spacial score (nSPS) is 16.2. The first kappa shape index (κ1) is 20.0. The van der Waals surface area contributed by atoms with Crippen molar-refractivity contribution < 1.29 is 9.59 Å². The Morgan fingerprint density at radius 2 is 1.70 bits per heavy atom. The lowest BCUT2D eigenvalue weighted by Gasteiger charge is -2.34. The maximum absolute atomic E-state index is 13.4. The molecule has 2 heterocycles. The Kier molecular flexibility index (Phi) is 4.98. The van der Waals surface area contributed by atoms with Crippen molar-refractivity contribution in [2.24, 2.45) is 0 Å². The van der Waals surface area contributed by atoms with Crippen LogP contribution in [0.1, 0.15) is 50.6 Å². The fourth-order valence-corrected chi connectivity index (χ4v) is 4.05. The molecule has 1 aliphatic rings. The van der Waals surface area contributed by atoms with Gasteiger partial charge in [-0.1, -0.05) is 48.5 Å². The molecule has 0 saturated heterocycles. The van der Waals surface area contributed by atoms with E-state index in [0.717, 1.165) is 33.3 Å². The van der Waals surface area contributed by atoms with Crippen molar-refractivity contribution in [3.63, 3.8) is 0 Å². The number of nitrogens with zero attached hydrogens (tertiary/aromatic N) is 1. The van der Waals surface area contributed by atoms with Gasteiger partial charge in [0.1, 0.15) is 0 Å². The lowest BCUT2D eigenvalue weighted by atomic mass is 9.94. The van der Waals surface area contributed by atoms with Crippen LogP contribution in [0.15, 0.2) is 60.8 Å². The molecule has 1 aliphatic heterocycles. The maximum atomic E-state index is 13.4. The van der Waals surface area contributed by atoms with Crippen molar-refractivity contribution in [1.82, 2.24) is 15.2 Å². The first-order chi connectivity index (χ1) is 14.2. The van der Waals surface area contributed by atoms with Gasteiger partial charge >= 0.3 is 0 Å². The third-order valence-electron chi connectivity index (χ3n) is 5.25. The fraction of sp³-hybridized carbons (Fsp3) is 0.280. The number of fused-ring (bicyclic) bond motifs is 3. The third kappa shape index (κ3) is 3.75. The average molecular weight is 402 g/mol. The van der Waals surface area contributed by atoms with Crippen LogP contribution >= 0.6 is 0 Å². The quantitative estimate of drug-likeness (QED) is 0.675. The van der Waals surface area contributed by atoms with Gasteiger partial charge in [0.25, 0.3) is 0 Å². The maximum Gasteiger partial charge on any atom is 0.249 e. The van der Waals surface area contributed by atoms with E-state index < -0.39 is 11.6 Å². The van der Waals surface area contributed by atoms with Crippen molar-refractivity contribution in [3.05, 3.63) is 77.6 Å². The number of aromatic amines is 1. The summed E-state index contributed by atoms with van der Waals surface area (Å²) in [6.45, 7) is 7.81. The van der Waals surface area contributed by atoms with Gasteiger partial charge in [-0.15, -0.1) is 0 Å². The summed E-state index contributed by atoms with van der Waals surface area (Å²) in [7, 11) is 0. The average Bonchev–Trinajstić information content (AvgIpc) is 3.07. The van der Waals surface area contributed by atoms with Crippen LogP contribution in [0.4, 0.5) is 0 Å². The van der Waals surface area contributed by atoms with Gasteiger partial charge in [0, 0.05) is 28.2 Å². The summed E-state index contributed by atoms with van der Waals surface area (Å²) in [5, 5.41) is 4.12. The largest absolute Gasteiger partial charge is 0.356 e. The summed E-state index contributed by atoms with van der Waals surface area (Å²) in [6.07, 6.45) is 2.06. The SMILES string of the molecule is CC1=CN(C(=O)Cc2ccccc2)C(C(=O)NC(C)(C)C)c2[nH]c3ccccc3c21. The molecule has 2 aromatic carbocycles. The lowest BCUT2D eigenvalue weighted by molar-refractivity contribution is -0.138. The summed E-state index contributed by atoms with van der Waals surface area (Å²) in [6, 6.07) is 16.9. The number of nitrogens with one attached hydrogen (secondary N) is 2. The first-order valence-electron chi connectivity index (χ1n) is 10.2. The van der Waals surface area contributed by atoms with Crippen LogP contribution in [0.3, 0.4) is 0 Å². The summed E-state index contributed by atoms with van der Waals surface area (Å²) in [5.74, 6) is -0.306. The molecule has 2 amide bonds. The molecule has 1 atom stereocenters. The number of allylic oxidation sites excluding steroid dienone is 1. The Morgan fingerprint density at radius 3 is 2.40 bits per heavy atom. The van der Waals surface area contributed by atoms with Gasteiger partial charge in [-0.2, -0.15) is 0 Å². The molecule has 0 bridgehead atoms. The monoisotopic (exact) mass is 401 g/mol. The zero-order chi connectivity index (χ0) is 21.5. The summed E-state index contributed by atoms with van der Waals surface area (Å²) >= 11 is 0. The van der Waals surface area contributed by atoms with Gasteiger partial charge in [0.2, 0.25) is 11.8 Å². The van der Waals surface area contributed by atoms with Gasteiger partial charge in [-0.05, 0) is 44.9 Å². The van der Waals surface area contributed by atoms with E-state index >= 15 is 0 Å². The molecular weight excluding hydrogens is 374 g/mol. The van der Waals surface area contributed by atoms with E-state index in [0.29, 0.717) is 0 Å². The van der Waals surface area contributed by atoms with Gasteiger partial charge in [0.05, 0.1) is 12.1 Å². The molecule has 0 fully saturated rings. The minimum atomic E-state index is -0.744. The van der Waals surface area contributed by atoms with E-state index in [-0.39, 0.29) is 18.2 Å². The Morgan fingerprint density at radius 1 is 1.03 bits per heavy atom. The number of aromatic nitrogens is 1. The van der Waals surface area contributed by atoms with Crippen LogP contribution in [-0.2, 0) is 16.0 Å². The molecule has 5 heteroatoms. The van der Waals surface area contributed by atoms with E-state index in [9.17, 15) is 9.59 Å². The highest BCUT2D eigenvalue weighted by Gasteiger charge is 2.38. The number of hydrogen-bond acceptors (Lipinski definition) is 2. The number of H-pyrrole nitrogens is 1. The number of carbonyl (C=O) groups is 2. The molecule has 30 heavy (non-hydrogen) atoms. The van der Waals surface area contributed by atoms with E-state index in [4.69, 9.17) is 0 Å². The van der Waals surface area contributed by atoms with Gasteiger partial charge < -0.3 is 15.2 Å². The Bertz CT molecular complexity index is 1140. The smallest absolute Gasteiger partial charge is 0.249 e. The second kappa shape index (κ2) is 7.48. The number of hydrogen-bond donors (Lipinski definition) is 2. The summed E-state index contributed by atoms with van der Waals surface area (Å²) in [5.41, 5.74) is 4.20. The van der Waals surface area contributed by atoms with Crippen molar-refractivity contribution in [3.8, 4) is 0 Å². The van der Waals surface area contributed by atoms with Crippen molar-refractivity contribution in [2.45, 2.75) is 45.7 Å². The Hall–Kier alpha value is -3.34. The van der Waals surface area contributed by atoms with Gasteiger partial charge in [-0.3, -0.25) is 9.59 Å². The second-order valence-corrected chi connectivity index (χ2v) is 8.88. The number of carbonyl (C=O) groups excluding carboxylic acids is 2. The molecule has 0 spiro atoms. The first-order valence-corrected chi connectivity index (χ1v) is 10.2. The highest BCUT2D eigenvalue weighted by molar-refractivity contribution is 6.00. The zero-order valence-corrected chi connectivity index (χ0v) is 17.8. The van der Waals surface area contributed by atoms with Crippen LogP contribution < -0.4 is 5.32 Å². The van der Waals surface area contributed by atoms with E-state index in [1.807, 2.05) is 88.5 Å². The molecule has 0 aliphatic carbocycles. The summed E-state index contributed by atoms with van der Waals surface area (Å²) < 4.78 is 0. The van der Waals surface area contributed by atoms with E-state index in [2.05, 4.69) is 10.3 Å². The topological polar surface area (TPSA) is 65.2 Å². The minimum Gasteiger partial charge on any atom is -0.356 e. The predicted molar refractivity (Wildman–Crippen MR) is 120 cm³/mol. The van der Waals surface area contributed by atoms with Crippen molar-refractivity contribution >= 4 is 28.3 Å². The van der Waals surface area contributed by atoms with E-state index in [1.54, 1.807) is 4.90 Å². The Labute approximate surface area is 176 Å². The minimum absolute atomic E-state index is 0.112. The fourth-order valence-electron chi connectivity index (χ4n) is 4.05. The molecular formula is C25H27N3O2. The zero-order valence-electron chi connectivity index (χ0n) is 17.8. The lowest BCUT2D eigenvalue weighted by Crippen LogP contribution is -2.49. The molecule has 154 valence electrons. The highest BCUT2D eigenvalue weighted by Crippen LogP contribution is 2.39. The van der Waals surface area contributed by atoms with E-state index in [1.165, 1.54) is 0 Å². The van der Waals surface area contributed by atoms with Gasteiger partial charge in [-0.25, -0.2) is 0 Å². The molecule has 3 aromatic rings. The summed E-state index contributed by atoms with van der Waals surface area (Å²) in [4.78, 5) is 31.7. The molecule has 1 unspecified atom stereocenters. The van der Waals surface area contributed by atoms with Crippen molar-refractivity contribution in [1.29, 1.82) is 0 Å². The number of para-hydroxylation sites is 1. The van der Waals surface area contributed by atoms with Gasteiger partial charge in [0.15, 0.2) is 6.04 Å². The molecule has 2 N–H and O–H groups in total. The number of benzene rings is 2. The Balaban J connectivity index is 1.79. The highest BCUT2D eigenvalue weighted by atomic mass is 16.2. The van der Waals surface area contributed by atoms with Crippen LogP contribution in [0, 0.1) is 0 Å². The predicted octanol–water partition coefficient (Wildman–Crippen LogP) is 4.57. The molecule has 0 saturated carbocycles. The second-order valence-electron chi connectivity index (χ2n) is 8.88. The van der Waals surface area contributed by atoms with Crippen LogP contribution in [0.25, 0.3) is 16.5 Å². The standard InChI is InChI=1S/C25H27N3O2/c1-16-15-28(20(29)14-17-10-6-5-7-11-17)23(24(30)27-25(2,3)4)22-21(16)18-12-8-9-13-19(18)26-22/h5-13,15,23,26H,14H2,1-4H3,(H,27,30). The van der Waals surface area contributed by atoms with Crippen LogP contribution in [-0.4, -0.2) is 27.2 Å². The van der Waals surface area contributed by atoms with Crippen LogP contribution in [0.2, 0.25) is 0 Å². The molecule has 5 nitrogen and oxygen atoms in total. The third-order valence-corrected chi connectivity index (χ3v) is 5.25. The van der Waals surface area contributed by atoms with Crippen LogP contribution in [0.5, 0.6) is 0 Å². The number of rotatable bonds is 3. The molecule has 4 rings (SSSR count). The van der Waals surface area contributed by atoms with Crippen molar-refractivity contribution in [2.75, 3.05) is 0 Å². The molecule has 0 radical (unpaired) electrons. The molecule has 1 aromatic heterocycles. The number of amides is 2.